The molecule has 2 N–H and O–H groups in total. The minimum atomic E-state index is -0.339. The van der Waals surface area contributed by atoms with Crippen LogP contribution in [0.1, 0.15) is 19.3 Å². The summed E-state index contributed by atoms with van der Waals surface area (Å²) in [5.41, 5.74) is 5.83. The standard InChI is InChI=1S/C11H16N2O/c12-11(6-2-1-3-7-11)9-13-8-4-5-10(13)14/h1-3,6H,4-5,7-9,12H2. The molecule has 1 aliphatic heterocycles. The van der Waals surface area contributed by atoms with E-state index in [-0.39, 0.29) is 11.4 Å². The van der Waals surface area contributed by atoms with Crippen LogP contribution in [-0.2, 0) is 4.79 Å². The van der Waals surface area contributed by atoms with Crippen molar-refractivity contribution in [3.8, 4) is 0 Å². The van der Waals surface area contributed by atoms with E-state index in [2.05, 4.69) is 6.08 Å². The molecule has 76 valence electrons. The molecule has 1 heterocycles. The minimum Gasteiger partial charge on any atom is -0.341 e. The molecule has 14 heavy (non-hydrogen) atoms. The lowest BCUT2D eigenvalue weighted by Crippen LogP contribution is -2.49. The Labute approximate surface area is 84.3 Å². The zero-order chi connectivity index (χ0) is 10.0. The molecule has 1 atom stereocenters. The molecular formula is C11H16N2O. The number of carbonyl (C=O) groups excluding carboxylic acids is 1. The predicted octanol–water partition coefficient (Wildman–Crippen LogP) is 0.822. The maximum absolute atomic E-state index is 11.4. The van der Waals surface area contributed by atoms with Gasteiger partial charge < -0.3 is 10.6 Å². The number of likely N-dealkylation sites (tertiary alicyclic amines) is 1. The van der Waals surface area contributed by atoms with Crippen LogP contribution in [0.25, 0.3) is 0 Å². The zero-order valence-corrected chi connectivity index (χ0v) is 8.28. The Bertz CT molecular complexity index is 296. The molecular weight excluding hydrogens is 176 g/mol. The number of hydrogen-bond acceptors (Lipinski definition) is 2. The van der Waals surface area contributed by atoms with Gasteiger partial charge in [0.1, 0.15) is 0 Å². The lowest BCUT2D eigenvalue weighted by molar-refractivity contribution is -0.128. The summed E-state index contributed by atoms with van der Waals surface area (Å²) < 4.78 is 0. The molecule has 0 bridgehead atoms. The van der Waals surface area contributed by atoms with E-state index in [9.17, 15) is 4.79 Å². The molecule has 1 amide bonds. The maximum Gasteiger partial charge on any atom is 0.222 e. The van der Waals surface area contributed by atoms with Crippen molar-refractivity contribution in [3.05, 3.63) is 24.3 Å². The van der Waals surface area contributed by atoms with Gasteiger partial charge in [-0.15, -0.1) is 0 Å². The van der Waals surface area contributed by atoms with Gasteiger partial charge in [0, 0.05) is 19.5 Å². The Morgan fingerprint density at radius 2 is 2.36 bits per heavy atom. The Kier molecular flexibility index (Phi) is 2.42. The van der Waals surface area contributed by atoms with Gasteiger partial charge in [-0.25, -0.2) is 0 Å². The number of nitrogens with zero attached hydrogens (tertiary/aromatic N) is 1. The van der Waals surface area contributed by atoms with Gasteiger partial charge >= 0.3 is 0 Å². The summed E-state index contributed by atoms with van der Waals surface area (Å²) in [5.74, 6) is 0.248. The second-order valence-electron chi connectivity index (χ2n) is 4.14. The fourth-order valence-electron chi connectivity index (χ4n) is 2.03. The Morgan fingerprint density at radius 1 is 1.50 bits per heavy atom. The van der Waals surface area contributed by atoms with Gasteiger partial charge in [0.05, 0.1) is 5.54 Å². The highest BCUT2D eigenvalue weighted by Crippen LogP contribution is 2.19. The summed E-state index contributed by atoms with van der Waals surface area (Å²) in [6.45, 7) is 1.53. The van der Waals surface area contributed by atoms with Gasteiger partial charge in [0.15, 0.2) is 0 Å². The minimum absolute atomic E-state index is 0.248. The van der Waals surface area contributed by atoms with Gasteiger partial charge in [0.25, 0.3) is 0 Å². The van der Waals surface area contributed by atoms with E-state index in [1.165, 1.54) is 0 Å². The van der Waals surface area contributed by atoms with E-state index in [1.807, 2.05) is 23.1 Å². The van der Waals surface area contributed by atoms with Gasteiger partial charge in [-0.3, -0.25) is 4.79 Å². The second kappa shape index (κ2) is 3.58. The van der Waals surface area contributed by atoms with E-state index in [1.54, 1.807) is 0 Å². The van der Waals surface area contributed by atoms with Crippen LogP contribution >= 0.6 is 0 Å². The van der Waals surface area contributed by atoms with Gasteiger partial charge in [-0.1, -0.05) is 24.3 Å². The fraction of sp³-hybridized carbons (Fsp3) is 0.545. The molecule has 2 aliphatic rings. The van der Waals surface area contributed by atoms with Crippen molar-refractivity contribution in [2.24, 2.45) is 5.73 Å². The number of allylic oxidation sites excluding steroid dienone is 2. The van der Waals surface area contributed by atoms with Crippen molar-refractivity contribution in [2.45, 2.75) is 24.8 Å². The van der Waals surface area contributed by atoms with Crippen LogP contribution in [0.4, 0.5) is 0 Å². The third-order valence-corrected chi connectivity index (χ3v) is 2.83. The summed E-state index contributed by atoms with van der Waals surface area (Å²) in [6.07, 6.45) is 10.5. The number of carbonyl (C=O) groups is 1. The highest BCUT2D eigenvalue weighted by atomic mass is 16.2. The number of rotatable bonds is 2. The molecule has 1 unspecified atom stereocenters. The van der Waals surface area contributed by atoms with Crippen LogP contribution in [0.15, 0.2) is 24.3 Å². The van der Waals surface area contributed by atoms with E-state index in [4.69, 9.17) is 5.73 Å². The molecule has 3 heteroatoms. The number of amides is 1. The topological polar surface area (TPSA) is 46.3 Å². The van der Waals surface area contributed by atoms with E-state index in [0.29, 0.717) is 13.0 Å². The van der Waals surface area contributed by atoms with Gasteiger partial charge in [0.2, 0.25) is 5.91 Å². The highest BCUT2D eigenvalue weighted by Gasteiger charge is 2.29. The van der Waals surface area contributed by atoms with Crippen molar-refractivity contribution in [1.29, 1.82) is 0 Å². The lowest BCUT2D eigenvalue weighted by Gasteiger charge is -2.31. The molecule has 0 aromatic carbocycles. The summed E-state index contributed by atoms with van der Waals surface area (Å²) in [6, 6.07) is 0. The fourth-order valence-corrected chi connectivity index (χ4v) is 2.03. The first-order chi connectivity index (χ1) is 6.70. The largest absolute Gasteiger partial charge is 0.341 e. The average molecular weight is 192 g/mol. The lowest BCUT2D eigenvalue weighted by atomic mass is 9.92. The van der Waals surface area contributed by atoms with Gasteiger partial charge in [-0.05, 0) is 12.8 Å². The van der Waals surface area contributed by atoms with Gasteiger partial charge in [-0.2, -0.15) is 0 Å². The summed E-state index contributed by atoms with van der Waals surface area (Å²) >= 11 is 0. The van der Waals surface area contributed by atoms with Crippen molar-refractivity contribution < 1.29 is 4.79 Å². The molecule has 1 saturated heterocycles. The van der Waals surface area contributed by atoms with Crippen molar-refractivity contribution >= 4 is 5.91 Å². The number of nitrogens with two attached hydrogens (primary N) is 1. The van der Waals surface area contributed by atoms with E-state index >= 15 is 0 Å². The van der Waals surface area contributed by atoms with E-state index < -0.39 is 0 Å². The first-order valence-corrected chi connectivity index (χ1v) is 5.11. The third kappa shape index (κ3) is 1.87. The molecule has 0 saturated carbocycles. The smallest absolute Gasteiger partial charge is 0.222 e. The van der Waals surface area contributed by atoms with Crippen LogP contribution in [0.2, 0.25) is 0 Å². The molecule has 2 rings (SSSR count). The quantitative estimate of drug-likeness (QED) is 0.704. The van der Waals surface area contributed by atoms with Crippen molar-refractivity contribution in [2.75, 3.05) is 13.1 Å². The Hall–Kier alpha value is -1.09. The molecule has 0 aromatic rings. The number of hydrogen-bond donors (Lipinski definition) is 1. The Morgan fingerprint density at radius 3 is 2.93 bits per heavy atom. The summed E-state index contributed by atoms with van der Waals surface area (Å²) in [7, 11) is 0. The molecule has 1 fully saturated rings. The van der Waals surface area contributed by atoms with Crippen LogP contribution in [0, 0.1) is 0 Å². The van der Waals surface area contributed by atoms with Crippen LogP contribution < -0.4 is 5.73 Å². The summed E-state index contributed by atoms with van der Waals surface area (Å²) in [5, 5.41) is 0. The van der Waals surface area contributed by atoms with Crippen molar-refractivity contribution in [1.82, 2.24) is 4.90 Å². The molecule has 0 radical (unpaired) electrons. The molecule has 0 aromatic heterocycles. The molecule has 3 nitrogen and oxygen atoms in total. The monoisotopic (exact) mass is 192 g/mol. The average Bonchev–Trinajstić information content (AvgIpc) is 2.52. The Balaban J connectivity index is 1.99. The maximum atomic E-state index is 11.4. The molecule has 0 spiro atoms. The first-order valence-electron chi connectivity index (χ1n) is 5.11. The van der Waals surface area contributed by atoms with Crippen molar-refractivity contribution in [3.63, 3.8) is 0 Å². The SMILES string of the molecule is NC1(CN2CCCC2=O)C=CC=CC1. The van der Waals surface area contributed by atoms with Crippen LogP contribution in [0.3, 0.4) is 0 Å². The normalized spacial score (nSPS) is 31.5. The summed E-state index contributed by atoms with van der Waals surface area (Å²) in [4.78, 5) is 13.3. The molecule has 1 aliphatic carbocycles. The highest BCUT2D eigenvalue weighted by molar-refractivity contribution is 5.78. The van der Waals surface area contributed by atoms with E-state index in [0.717, 1.165) is 19.4 Å². The van der Waals surface area contributed by atoms with Crippen LogP contribution in [0.5, 0.6) is 0 Å². The zero-order valence-electron chi connectivity index (χ0n) is 8.28. The second-order valence-corrected chi connectivity index (χ2v) is 4.14. The third-order valence-electron chi connectivity index (χ3n) is 2.83. The first kappa shape index (κ1) is 9.46. The predicted molar refractivity (Wildman–Crippen MR) is 55.6 cm³/mol. The van der Waals surface area contributed by atoms with Crippen LogP contribution in [-0.4, -0.2) is 29.4 Å².